The zero-order valence-corrected chi connectivity index (χ0v) is 26.5. The van der Waals surface area contributed by atoms with E-state index in [1.807, 2.05) is 0 Å². The number of ketones is 1. The first-order valence-electron chi connectivity index (χ1n) is 15.2. The van der Waals surface area contributed by atoms with Gasteiger partial charge in [-0.2, -0.15) is 0 Å². The number of carbonyl (C=O) groups is 1. The predicted molar refractivity (Wildman–Crippen MR) is 174 cm³/mol. The molecule has 0 radical (unpaired) electrons. The van der Waals surface area contributed by atoms with E-state index in [0.29, 0.717) is 0 Å². The predicted octanol–water partition coefficient (Wildman–Crippen LogP) is 6.36. The quantitative estimate of drug-likeness (QED) is 0.203. The van der Waals surface area contributed by atoms with Gasteiger partial charge in [-0.15, -0.1) is 0 Å². The Balaban J connectivity index is 1.61. The smallest absolute Gasteiger partial charge is 0.185 e. The van der Waals surface area contributed by atoms with Crippen LogP contribution >= 0.6 is 0 Å². The van der Waals surface area contributed by atoms with Crippen molar-refractivity contribution in [1.29, 1.82) is 0 Å². The molecule has 0 spiro atoms. The third-order valence-electron chi connectivity index (χ3n) is 7.72. The van der Waals surface area contributed by atoms with Gasteiger partial charge in [0.05, 0.1) is 55.4 Å². The number of Topliss-reactive ketones (excluding diaryl/α,β-unsaturated/α-hetero) is 1. The van der Waals surface area contributed by atoms with Crippen LogP contribution in [0.5, 0.6) is 0 Å². The highest BCUT2D eigenvalue weighted by Gasteiger charge is 2.23. The van der Waals surface area contributed by atoms with E-state index in [4.69, 9.17) is 0 Å². The molecule has 0 unspecified atom stereocenters. The van der Waals surface area contributed by atoms with Crippen molar-refractivity contribution in [3.63, 3.8) is 0 Å². The fraction of sp³-hybridized carbons (Fsp3) is 0.514. The number of quaternary nitrogens is 2. The third kappa shape index (κ3) is 9.94. The molecular weight excluding hydrogens is 492 g/mol. The lowest BCUT2D eigenvalue weighted by molar-refractivity contribution is -0.870. The van der Waals surface area contributed by atoms with Crippen molar-refractivity contribution in [2.75, 3.05) is 91.4 Å². The van der Waals surface area contributed by atoms with E-state index < -0.39 is 0 Å². The molecule has 3 rings (SSSR count). The highest BCUT2D eigenvalue weighted by atomic mass is 16.1. The number of carbonyl (C=O) groups excluding carboxylic acids is 1. The molecule has 1 aliphatic rings. The molecule has 2 aromatic carbocycles. The molecule has 5 heteroatoms. The summed E-state index contributed by atoms with van der Waals surface area (Å²) in [6.45, 7) is 10.9. The summed E-state index contributed by atoms with van der Waals surface area (Å²) in [6, 6.07) is 17.4. The van der Waals surface area contributed by atoms with E-state index in [9.17, 15) is 4.79 Å². The average Bonchev–Trinajstić information content (AvgIpc) is 3.23. The zero-order valence-electron chi connectivity index (χ0n) is 26.5. The van der Waals surface area contributed by atoms with Crippen LogP contribution in [0.25, 0.3) is 12.2 Å². The number of anilines is 2. The lowest BCUT2D eigenvalue weighted by Crippen LogP contribution is -2.37. The number of benzene rings is 2. The highest BCUT2D eigenvalue weighted by molar-refractivity contribution is 6.15. The molecule has 2 aromatic rings. The summed E-state index contributed by atoms with van der Waals surface area (Å²) in [7, 11) is 13.5. The van der Waals surface area contributed by atoms with Gasteiger partial charge in [0.2, 0.25) is 0 Å². The minimum atomic E-state index is 0.194. The van der Waals surface area contributed by atoms with Crippen LogP contribution in [-0.2, 0) is 4.79 Å². The Hall–Kier alpha value is -2.89. The minimum absolute atomic E-state index is 0.194. The summed E-state index contributed by atoms with van der Waals surface area (Å²) < 4.78 is 1.99. The lowest BCUT2D eigenvalue weighted by atomic mass is 10.1. The van der Waals surface area contributed by atoms with Gasteiger partial charge in [-0.3, -0.25) is 4.79 Å². The first kappa shape index (κ1) is 31.6. The second-order valence-electron chi connectivity index (χ2n) is 13.2. The van der Waals surface area contributed by atoms with E-state index in [0.717, 1.165) is 83.3 Å². The van der Waals surface area contributed by atoms with Crippen LogP contribution in [0.3, 0.4) is 0 Å². The van der Waals surface area contributed by atoms with Gasteiger partial charge >= 0.3 is 0 Å². The van der Waals surface area contributed by atoms with E-state index in [1.54, 1.807) is 0 Å². The van der Waals surface area contributed by atoms with Gasteiger partial charge in [0.25, 0.3) is 0 Å². The van der Waals surface area contributed by atoms with Gasteiger partial charge in [0, 0.05) is 61.5 Å². The molecule has 218 valence electrons. The van der Waals surface area contributed by atoms with Gasteiger partial charge in [0.1, 0.15) is 0 Å². The van der Waals surface area contributed by atoms with Gasteiger partial charge in [-0.25, -0.2) is 0 Å². The maximum Gasteiger partial charge on any atom is 0.185 e. The highest BCUT2D eigenvalue weighted by Crippen LogP contribution is 2.30. The summed E-state index contributed by atoms with van der Waals surface area (Å²) in [5, 5.41) is 0. The lowest BCUT2D eigenvalue weighted by Gasteiger charge is -2.27. The maximum atomic E-state index is 13.2. The largest absolute Gasteiger partial charge is 0.372 e. The van der Waals surface area contributed by atoms with Crippen LogP contribution in [0, 0.1) is 0 Å². The van der Waals surface area contributed by atoms with Crippen molar-refractivity contribution < 1.29 is 13.8 Å². The minimum Gasteiger partial charge on any atom is -0.372 e. The fourth-order valence-corrected chi connectivity index (χ4v) is 5.35. The van der Waals surface area contributed by atoms with Gasteiger partial charge in [-0.1, -0.05) is 24.3 Å². The summed E-state index contributed by atoms with van der Waals surface area (Å²) in [4.78, 5) is 18.1. The Bertz CT molecular complexity index is 1060. The van der Waals surface area contributed by atoms with Crippen molar-refractivity contribution in [3.8, 4) is 0 Å². The topological polar surface area (TPSA) is 23.6 Å². The number of nitrogens with zero attached hydrogens (tertiary/aromatic N) is 4. The van der Waals surface area contributed by atoms with Crippen molar-refractivity contribution >= 4 is 29.3 Å². The Morgan fingerprint density at radius 1 is 0.625 bits per heavy atom. The molecule has 0 aliphatic heterocycles. The van der Waals surface area contributed by atoms with E-state index >= 15 is 0 Å². The Morgan fingerprint density at radius 3 is 1.27 bits per heavy atom. The standard InChI is InChI=1S/C35H54N4O/c1-9-36(23-11-25-38(3,4)5)33-19-13-29(14-20-33)27-31-17-18-32(35(31)40)28-30-15-21-34(22-16-30)37(10-2)24-12-26-39(6,7)8/h13-16,19-22,27-28H,9-12,17-18,23-26H2,1-8H3/q+2/b31-27+,32-28+. The summed E-state index contributed by atoms with van der Waals surface area (Å²) in [5.74, 6) is 0.194. The van der Waals surface area contributed by atoms with E-state index in [1.165, 1.54) is 24.2 Å². The zero-order chi connectivity index (χ0) is 29.3. The molecule has 5 nitrogen and oxygen atoms in total. The molecule has 1 saturated carbocycles. The van der Waals surface area contributed by atoms with Crippen LogP contribution in [0.15, 0.2) is 59.7 Å². The molecule has 0 atom stereocenters. The number of hydrogen-bond acceptors (Lipinski definition) is 3. The molecule has 40 heavy (non-hydrogen) atoms. The molecule has 1 aliphatic carbocycles. The van der Waals surface area contributed by atoms with Gasteiger partial charge in [0.15, 0.2) is 5.78 Å². The second-order valence-corrected chi connectivity index (χ2v) is 13.2. The number of allylic oxidation sites excluding steroid dienone is 2. The fourth-order valence-electron chi connectivity index (χ4n) is 5.35. The Kier molecular flexibility index (Phi) is 11.2. The van der Waals surface area contributed by atoms with E-state index in [-0.39, 0.29) is 5.78 Å². The van der Waals surface area contributed by atoms with Crippen LogP contribution < -0.4 is 9.80 Å². The summed E-state index contributed by atoms with van der Waals surface area (Å²) >= 11 is 0. The summed E-state index contributed by atoms with van der Waals surface area (Å²) in [6.07, 6.45) is 8.13. The van der Waals surface area contributed by atoms with Crippen molar-refractivity contribution in [2.24, 2.45) is 0 Å². The summed E-state index contributed by atoms with van der Waals surface area (Å²) in [5.41, 5.74) is 6.54. The molecule has 1 fully saturated rings. The third-order valence-corrected chi connectivity index (χ3v) is 7.72. The van der Waals surface area contributed by atoms with Crippen molar-refractivity contribution in [3.05, 3.63) is 70.8 Å². The van der Waals surface area contributed by atoms with Crippen molar-refractivity contribution in [2.45, 2.75) is 39.5 Å². The van der Waals surface area contributed by atoms with Crippen LogP contribution in [-0.4, -0.2) is 96.3 Å². The number of hydrogen-bond donors (Lipinski definition) is 0. The molecule has 0 heterocycles. The van der Waals surface area contributed by atoms with Crippen molar-refractivity contribution in [1.82, 2.24) is 0 Å². The average molecular weight is 547 g/mol. The number of rotatable bonds is 14. The molecule has 0 bridgehead atoms. The van der Waals surface area contributed by atoms with Crippen LogP contribution in [0.1, 0.15) is 50.7 Å². The van der Waals surface area contributed by atoms with E-state index in [2.05, 4.69) is 127 Å². The van der Waals surface area contributed by atoms with Gasteiger partial charge < -0.3 is 18.8 Å². The molecule has 0 saturated heterocycles. The Morgan fingerprint density at radius 2 is 0.975 bits per heavy atom. The normalized spacial score (nSPS) is 16.2. The molecular formula is C35H54N4O+2. The van der Waals surface area contributed by atoms with Crippen LogP contribution in [0.2, 0.25) is 0 Å². The first-order chi connectivity index (χ1) is 18.9. The molecule has 0 N–H and O–H groups in total. The maximum absolute atomic E-state index is 13.2. The van der Waals surface area contributed by atoms with Gasteiger partial charge in [-0.05, 0) is 74.2 Å². The molecule has 0 aromatic heterocycles. The second kappa shape index (κ2) is 14.1. The monoisotopic (exact) mass is 546 g/mol. The molecule has 0 amide bonds. The Labute approximate surface area is 244 Å². The van der Waals surface area contributed by atoms with Crippen LogP contribution in [0.4, 0.5) is 11.4 Å². The SMILES string of the molecule is CCN(CCC[N+](C)(C)C)c1ccc(/C=C2\CC/C(=C\c3ccc(N(CC)CCC[N+](C)(C)C)cc3)C2=O)cc1. The first-order valence-corrected chi connectivity index (χ1v) is 15.2.